The molecule has 0 N–H and O–H groups in total. The number of carbonyl (C=O) groups excluding carboxylic acids is 2. The molecular weight excluding hydrogens is 612 g/mol. The van der Waals surface area contributed by atoms with Crippen LogP contribution >= 0.6 is 11.3 Å². The predicted molar refractivity (Wildman–Crippen MR) is 181 cm³/mol. The van der Waals surface area contributed by atoms with Gasteiger partial charge in [-0.1, -0.05) is 96.3 Å². The number of esters is 2. The Morgan fingerprint density at radius 1 is 0.809 bits per heavy atom. The lowest BCUT2D eigenvalue weighted by Crippen LogP contribution is -2.39. The molecule has 1 aromatic heterocycles. The van der Waals surface area contributed by atoms with E-state index < -0.39 is 12.0 Å². The van der Waals surface area contributed by atoms with Crippen molar-refractivity contribution in [1.29, 1.82) is 0 Å². The Kier molecular flexibility index (Phi) is 9.54. The van der Waals surface area contributed by atoms with Gasteiger partial charge in [0.05, 0.1) is 40.6 Å². The molecule has 236 valence electrons. The Hall–Kier alpha value is -5.54. The van der Waals surface area contributed by atoms with Crippen LogP contribution in [0, 0.1) is 0 Å². The molecule has 0 amide bonds. The van der Waals surface area contributed by atoms with Gasteiger partial charge < -0.3 is 14.2 Å². The van der Waals surface area contributed by atoms with Crippen LogP contribution in [0.4, 0.5) is 0 Å². The maximum absolute atomic E-state index is 14.1. The Bertz CT molecular complexity index is 2100. The van der Waals surface area contributed by atoms with E-state index in [1.165, 1.54) is 11.3 Å². The SMILES string of the molecule is CCOC(=O)C1=C(c2ccccc2)N=c2s/c(=C\c3ccc(OCc4ccc(C(=O)OCC)cc4)cc3)c(=O)n2[C@H]1c1ccccc1. The summed E-state index contributed by atoms with van der Waals surface area (Å²) in [4.78, 5) is 44.9. The number of thiazole rings is 1. The second-order valence-corrected chi connectivity index (χ2v) is 11.6. The molecule has 6 rings (SSSR count). The molecule has 2 heterocycles. The molecule has 0 radical (unpaired) electrons. The van der Waals surface area contributed by atoms with E-state index in [2.05, 4.69) is 0 Å². The summed E-state index contributed by atoms with van der Waals surface area (Å²) in [5, 5.41) is 0. The van der Waals surface area contributed by atoms with E-state index in [1.54, 1.807) is 30.5 Å². The molecule has 0 unspecified atom stereocenters. The first-order chi connectivity index (χ1) is 23.0. The first-order valence-corrected chi connectivity index (χ1v) is 16.1. The van der Waals surface area contributed by atoms with Crippen LogP contribution in [0.5, 0.6) is 5.75 Å². The Balaban J connectivity index is 1.33. The zero-order valence-electron chi connectivity index (χ0n) is 25.9. The van der Waals surface area contributed by atoms with Crippen LogP contribution in [0.1, 0.15) is 52.5 Å². The van der Waals surface area contributed by atoms with E-state index in [0.29, 0.717) is 45.1 Å². The molecule has 0 aliphatic carbocycles. The number of carbonyl (C=O) groups is 2. The van der Waals surface area contributed by atoms with Gasteiger partial charge in [-0.25, -0.2) is 14.6 Å². The number of rotatable bonds is 10. The number of ether oxygens (including phenoxy) is 3. The van der Waals surface area contributed by atoms with Crippen molar-refractivity contribution < 1.29 is 23.8 Å². The summed E-state index contributed by atoms with van der Waals surface area (Å²) in [6.07, 6.45) is 1.82. The standard InChI is InChI=1S/C38H32N2O6S/c1-3-44-36(42)29-19-15-26(16-20-29)24-46-30-21-17-25(18-22-30)23-31-35(41)40-34(28-13-9-6-10-14-28)32(37(43)45-4-2)33(39-38(40)47-31)27-11-7-5-8-12-27/h5-23,34H,3-4,24H2,1-2H3/b31-23-/t34-/m0/s1. The second kappa shape index (κ2) is 14.3. The third-order valence-corrected chi connectivity index (χ3v) is 8.52. The topological polar surface area (TPSA) is 96.2 Å². The first-order valence-electron chi connectivity index (χ1n) is 15.3. The lowest BCUT2D eigenvalue weighted by molar-refractivity contribution is -0.138. The Morgan fingerprint density at radius 3 is 2.11 bits per heavy atom. The quantitative estimate of drug-likeness (QED) is 0.181. The highest BCUT2D eigenvalue weighted by Crippen LogP contribution is 2.35. The number of fused-ring (bicyclic) bond motifs is 1. The third kappa shape index (κ3) is 6.85. The predicted octanol–water partition coefficient (Wildman–Crippen LogP) is 5.69. The van der Waals surface area contributed by atoms with E-state index in [9.17, 15) is 14.4 Å². The number of hydrogen-bond donors (Lipinski definition) is 0. The molecule has 0 bridgehead atoms. The average Bonchev–Trinajstić information content (AvgIpc) is 3.42. The van der Waals surface area contributed by atoms with E-state index in [4.69, 9.17) is 19.2 Å². The van der Waals surface area contributed by atoms with Crippen molar-refractivity contribution in [3.8, 4) is 5.75 Å². The van der Waals surface area contributed by atoms with Gasteiger partial charge in [-0.3, -0.25) is 9.36 Å². The maximum atomic E-state index is 14.1. The van der Waals surface area contributed by atoms with Crippen molar-refractivity contribution >= 4 is 35.0 Å². The van der Waals surface area contributed by atoms with Crippen LogP contribution in [0.3, 0.4) is 0 Å². The van der Waals surface area contributed by atoms with Crippen molar-refractivity contribution in [3.05, 3.63) is 162 Å². The molecular formula is C38H32N2O6S. The number of nitrogens with zero attached hydrogens (tertiary/aromatic N) is 2. The van der Waals surface area contributed by atoms with Gasteiger partial charge in [-0.2, -0.15) is 0 Å². The molecule has 0 spiro atoms. The smallest absolute Gasteiger partial charge is 0.338 e. The molecule has 4 aromatic carbocycles. The highest BCUT2D eigenvalue weighted by atomic mass is 32.1. The summed E-state index contributed by atoms with van der Waals surface area (Å²) in [5.41, 5.74) is 4.32. The minimum Gasteiger partial charge on any atom is -0.489 e. The summed E-state index contributed by atoms with van der Waals surface area (Å²) in [7, 11) is 0. The largest absolute Gasteiger partial charge is 0.489 e. The first kappa shape index (κ1) is 31.4. The fourth-order valence-electron chi connectivity index (χ4n) is 5.32. The summed E-state index contributed by atoms with van der Waals surface area (Å²) < 4.78 is 18.6. The van der Waals surface area contributed by atoms with Gasteiger partial charge in [0.1, 0.15) is 12.4 Å². The van der Waals surface area contributed by atoms with Gasteiger partial charge in [0.25, 0.3) is 5.56 Å². The van der Waals surface area contributed by atoms with Gasteiger partial charge >= 0.3 is 11.9 Å². The molecule has 47 heavy (non-hydrogen) atoms. The summed E-state index contributed by atoms with van der Waals surface area (Å²) >= 11 is 1.28. The molecule has 0 fully saturated rings. The average molecular weight is 645 g/mol. The van der Waals surface area contributed by atoms with Crippen LogP contribution < -0.4 is 19.6 Å². The van der Waals surface area contributed by atoms with E-state index in [-0.39, 0.29) is 18.1 Å². The van der Waals surface area contributed by atoms with Gasteiger partial charge in [0.15, 0.2) is 4.80 Å². The summed E-state index contributed by atoms with van der Waals surface area (Å²) in [5.74, 6) is -0.202. The van der Waals surface area contributed by atoms with E-state index in [1.807, 2.05) is 103 Å². The van der Waals surface area contributed by atoms with Crippen molar-refractivity contribution in [1.82, 2.24) is 4.57 Å². The molecule has 0 saturated heterocycles. The van der Waals surface area contributed by atoms with E-state index >= 15 is 0 Å². The van der Waals surface area contributed by atoms with Gasteiger partial charge in [-0.05, 0) is 60.9 Å². The second-order valence-electron chi connectivity index (χ2n) is 10.6. The van der Waals surface area contributed by atoms with Crippen LogP contribution in [0.2, 0.25) is 0 Å². The van der Waals surface area contributed by atoms with Gasteiger partial charge in [-0.15, -0.1) is 0 Å². The van der Waals surface area contributed by atoms with Crippen molar-refractivity contribution in [3.63, 3.8) is 0 Å². The lowest BCUT2D eigenvalue weighted by atomic mass is 9.93. The monoisotopic (exact) mass is 644 g/mol. The molecule has 8 nitrogen and oxygen atoms in total. The zero-order chi connectivity index (χ0) is 32.8. The van der Waals surface area contributed by atoms with Gasteiger partial charge in [0.2, 0.25) is 0 Å². The minimum absolute atomic E-state index is 0.192. The number of aromatic nitrogens is 1. The van der Waals surface area contributed by atoms with Gasteiger partial charge in [0, 0.05) is 5.56 Å². The Labute approximate surface area is 275 Å². The fourth-order valence-corrected chi connectivity index (χ4v) is 6.32. The van der Waals surface area contributed by atoms with Crippen molar-refractivity contribution in [2.24, 2.45) is 4.99 Å². The summed E-state index contributed by atoms with van der Waals surface area (Å²) in [6, 6.07) is 32.8. The fraction of sp³-hybridized carbons (Fsp3) is 0.158. The lowest BCUT2D eigenvalue weighted by Gasteiger charge is -2.25. The zero-order valence-corrected chi connectivity index (χ0v) is 26.7. The molecule has 5 aromatic rings. The highest BCUT2D eigenvalue weighted by Gasteiger charge is 2.35. The number of benzene rings is 4. The molecule has 1 aliphatic heterocycles. The summed E-state index contributed by atoms with van der Waals surface area (Å²) in [6.45, 7) is 4.38. The van der Waals surface area contributed by atoms with Crippen LogP contribution in [-0.4, -0.2) is 29.7 Å². The van der Waals surface area contributed by atoms with Crippen LogP contribution in [0.15, 0.2) is 125 Å². The molecule has 9 heteroatoms. The minimum atomic E-state index is -0.717. The van der Waals surface area contributed by atoms with E-state index in [0.717, 1.165) is 22.3 Å². The van der Waals surface area contributed by atoms with Crippen molar-refractivity contribution in [2.75, 3.05) is 13.2 Å². The van der Waals surface area contributed by atoms with Crippen LogP contribution in [-0.2, 0) is 20.9 Å². The highest BCUT2D eigenvalue weighted by molar-refractivity contribution is 7.07. The molecule has 1 aliphatic rings. The van der Waals surface area contributed by atoms with Crippen LogP contribution in [0.25, 0.3) is 11.8 Å². The third-order valence-electron chi connectivity index (χ3n) is 7.54. The number of hydrogen-bond acceptors (Lipinski definition) is 8. The van der Waals surface area contributed by atoms with Crippen molar-refractivity contribution in [2.45, 2.75) is 26.5 Å². The molecule has 0 saturated carbocycles. The Morgan fingerprint density at radius 2 is 1.45 bits per heavy atom. The maximum Gasteiger partial charge on any atom is 0.338 e. The normalized spacial score (nSPS) is 14.3. The molecule has 1 atom stereocenters.